The minimum atomic E-state index is 0.322. The van der Waals surface area contributed by atoms with Gasteiger partial charge in [0.2, 0.25) is 0 Å². The van der Waals surface area contributed by atoms with E-state index in [1.807, 2.05) is 32.0 Å². The maximum atomic E-state index is 12.2. The van der Waals surface area contributed by atoms with Crippen LogP contribution in [0.1, 0.15) is 42.4 Å². The zero-order valence-corrected chi connectivity index (χ0v) is 10.9. The van der Waals surface area contributed by atoms with E-state index in [-0.39, 0.29) is 0 Å². The quantitative estimate of drug-likeness (QED) is 0.720. The van der Waals surface area contributed by atoms with Crippen molar-refractivity contribution in [2.24, 2.45) is 0 Å². The van der Waals surface area contributed by atoms with Gasteiger partial charge in [-0.15, -0.1) is 13.7 Å². The summed E-state index contributed by atoms with van der Waals surface area (Å²) in [6.45, 7) is 4.06. The van der Waals surface area contributed by atoms with E-state index in [2.05, 4.69) is 0 Å². The fourth-order valence-electron chi connectivity index (χ4n) is 2.42. The lowest BCUT2D eigenvalue weighted by molar-refractivity contribution is -0.207. The minimum Gasteiger partial charge on any atom is -0.824 e. The van der Waals surface area contributed by atoms with E-state index in [1.54, 1.807) is 0 Å². The molecular weight excluding hydrogens is 215 g/mol. The average molecular weight is 233 g/mol. The lowest BCUT2D eigenvalue weighted by Gasteiger charge is -2.19. The number of aryl methyl sites for hydroxylation is 2. The molecule has 1 fully saturated rings. The van der Waals surface area contributed by atoms with Crippen LogP contribution in [-0.4, -0.2) is 11.1 Å². The van der Waals surface area contributed by atoms with Crippen LogP contribution in [0.2, 0.25) is 0 Å². The first-order chi connectivity index (χ1) is 7.68. The molecule has 1 aliphatic rings. The molecule has 0 saturated heterocycles. The van der Waals surface area contributed by atoms with Crippen molar-refractivity contribution in [3.8, 4) is 0 Å². The van der Waals surface area contributed by atoms with E-state index in [9.17, 15) is 5.11 Å². The molecule has 0 radical (unpaired) electrons. The summed E-state index contributed by atoms with van der Waals surface area (Å²) in [7, 11) is 1.02. The maximum Gasteiger partial charge on any atom is -0.0000723 e. The van der Waals surface area contributed by atoms with Gasteiger partial charge in [-0.1, -0.05) is 31.0 Å². The van der Waals surface area contributed by atoms with Gasteiger partial charge in [0.25, 0.3) is 0 Å². The molecule has 0 bridgehead atoms. The molecular formula is C14H18OP-. The van der Waals surface area contributed by atoms with Crippen LogP contribution in [0.25, 0.3) is 0 Å². The van der Waals surface area contributed by atoms with Crippen LogP contribution in [0.5, 0.6) is 0 Å². The molecule has 0 amide bonds. The zero-order valence-electron chi connectivity index (χ0n) is 9.99. The highest BCUT2D eigenvalue weighted by molar-refractivity contribution is 7.41. The Bertz CT molecular complexity index is 383. The monoisotopic (exact) mass is 233 g/mol. The van der Waals surface area contributed by atoms with Crippen molar-refractivity contribution in [3.63, 3.8) is 0 Å². The van der Waals surface area contributed by atoms with Crippen LogP contribution in [-0.2, 0) is 0 Å². The minimum absolute atomic E-state index is 0.322. The van der Waals surface area contributed by atoms with Gasteiger partial charge in [-0.25, -0.2) is 0 Å². The van der Waals surface area contributed by atoms with Crippen molar-refractivity contribution < 1.29 is 5.11 Å². The second-order valence-electron chi connectivity index (χ2n) is 4.64. The first-order valence-electron chi connectivity index (χ1n) is 6.00. The molecule has 1 saturated carbocycles. The Morgan fingerprint density at radius 3 is 2.31 bits per heavy atom. The van der Waals surface area contributed by atoms with Crippen molar-refractivity contribution in [2.45, 2.75) is 45.2 Å². The summed E-state index contributed by atoms with van der Waals surface area (Å²) in [4.78, 5) is 0. The molecule has 2 heteroatoms. The molecule has 1 nitrogen and oxygen atoms in total. The molecule has 86 valence electrons. The first kappa shape index (κ1) is 11.8. The van der Waals surface area contributed by atoms with Gasteiger partial charge in [-0.05, 0) is 49.0 Å². The van der Waals surface area contributed by atoms with Gasteiger partial charge in [0.1, 0.15) is 0 Å². The van der Waals surface area contributed by atoms with Gasteiger partial charge in [0.05, 0.1) is 0 Å². The Balaban J connectivity index is 2.28. The third kappa shape index (κ3) is 2.53. The van der Waals surface area contributed by atoms with Gasteiger partial charge >= 0.3 is 0 Å². The van der Waals surface area contributed by atoms with Crippen LogP contribution < -0.4 is 5.11 Å². The predicted molar refractivity (Wildman–Crippen MR) is 69.2 cm³/mol. The third-order valence-corrected chi connectivity index (χ3v) is 4.66. The number of rotatable bonds is 2. The Kier molecular flexibility index (Phi) is 3.78. The Hall–Kier alpha value is -0.650. The summed E-state index contributed by atoms with van der Waals surface area (Å²) in [5, 5.41) is 12.2. The van der Waals surface area contributed by atoms with Crippen molar-refractivity contribution >= 4 is 13.7 Å². The molecule has 2 rings (SSSR count). The molecule has 0 spiro atoms. The molecule has 0 aliphatic heterocycles. The lowest BCUT2D eigenvalue weighted by Crippen LogP contribution is -2.20. The molecule has 0 aromatic heterocycles. The molecule has 1 aromatic rings. The van der Waals surface area contributed by atoms with E-state index < -0.39 is 0 Å². The molecule has 16 heavy (non-hydrogen) atoms. The smallest absolute Gasteiger partial charge is 0.0000723 e. The van der Waals surface area contributed by atoms with E-state index >= 15 is 0 Å². The summed E-state index contributed by atoms with van der Waals surface area (Å²) < 4.78 is 0. The van der Waals surface area contributed by atoms with Crippen molar-refractivity contribution in [3.05, 3.63) is 34.9 Å². The van der Waals surface area contributed by atoms with Crippen molar-refractivity contribution in [2.75, 3.05) is 0 Å². The van der Waals surface area contributed by atoms with Crippen LogP contribution in [0.15, 0.2) is 18.2 Å². The highest BCUT2D eigenvalue weighted by atomic mass is 31.1. The molecule has 0 heterocycles. The van der Waals surface area contributed by atoms with E-state index in [0.717, 1.165) is 24.9 Å². The Labute approximate surface area is 99.3 Å². The van der Waals surface area contributed by atoms with Gasteiger partial charge in [0, 0.05) is 0 Å². The average Bonchev–Trinajstić information content (AvgIpc) is 2.70. The fraction of sp³-hybridized carbons (Fsp3) is 0.500. The van der Waals surface area contributed by atoms with E-state index in [1.165, 1.54) is 25.7 Å². The predicted octanol–water partition coefficient (Wildman–Crippen LogP) is 3.03. The maximum absolute atomic E-state index is 12.2. The topological polar surface area (TPSA) is 23.1 Å². The summed E-state index contributed by atoms with van der Waals surface area (Å²) >= 11 is 0. The summed E-state index contributed by atoms with van der Waals surface area (Å²) in [5.41, 5.74) is 4.14. The molecule has 0 unspecified atom stereocenters. The van der Waals surface area contributed by atoms with Crippen molar-refractivity contribution in [1.82, 2.24) is 0 Å². The van der Waals surface area contributed by atoms with Gasteiger partial charge in [0.15, 0.2) is 0 Å². The molecule has 0 atom stereocenters. The van der Waals surface area contributed by atoms with Crippen LogP contribution in [0, 0.1) is 13.8 Å². The highest BCUT2D eigenvalue weighted by Gasteiger charge is 2.12. The highest BCUT2D eigenvalue weighted by Crippen LogP contribution is 2.30. The molecule has 1 aliphatic carbocycles. The van der Waals surface area contributed by atoms with Gasteiger partial charge in [-0.3, -0.25) is 0 Å². The van der Waals surface area contributed by atoms with Crippen LogP contribution in [0.3, 0.4) is 0 Å². The van der Waals surface area contributed by atoms with Crippen LogP contribution in [0.4, 0.5) is 0 Å². The molecule has 1 aromatic carbocycles. The first-order valence-corrected chi connectivity index (χ1v) is 6.96. The van der Waals surface area contributed by atoms with Crippen LogP contribution >= 0.6 is 8.20 Å². The Morgan fingerprint density at radius 2 is 1.75 bits per heavy atom. The number of hydrogen-bond donors (Lipinski definition) is 0. The van der Waals surface area contributed by atoms with Crippen molar-refractivity contribution in [1.29, 1.82) is 0 Å². The molecule has 0 N–H and O–H groups in total. The fourth-order valence-corrected chi connectivity index (χ4v) is 3.85. The zero-order chi connectivity index (χ0) is 11.5. The number of benzene rings is 1. The summed E-state index contributed by atoms with van der Waals surface area (Å²) in [5.74, 6) is 0. The lowest BCUT2D eigenvalue weighted by atomic mass is 10.0. The normalized spacial score (nSPS) is 18.1. The number of hydrogen-bond acceptors (Lipinski definition) is 1. The summed E-state index contributed by atoms with van der Waals surface area (Å²) in [6, 6.07) is 6.09. The second kappa shape index (κ2) is 5.12. The Morgan fingerprint density at radius 1 is 1.19 bits per heavy atom. The standard InChI is InChI=1S/C14H19OP/c1-10-6-5-7-11(2)13(10)14(15)16-12-8-3-4-9-12/h5-7,12,15H,3-4,8-9H2,1-2H3/p-1. The summed E-state index contributed by atoms with van der Waals surface area (Å²) in [6.07, 6.45) is 5.08. The van der Waals surface area contributed by atoms with Gasteiger partial charge < -0.3 is 5.11 Å². The SMILES string of the molecule is Cc1cccc(C)c1C([O-])=PC1CCCC1. The largest absolute Gasteiger partial charge is 0.824 e. The van der Waals surface area contributed by atoms with E-state index in [0.29, 0.717) is 11.1 Å². The third-order valence-electron chi connectivity index (χ3n) is 3.32. The van der Waals surface area contributed by atoms with E-state index in [4.69, 9.17) is 0 Å². The van der Waals surface area contributed by atoms with Gasteiger partial charge in [-0.2, -0.15) is 0 Å². The second-order valence-corrected chi connectivity index (χ2v) is 6.03.